The van der Waals surface area contributed by atoms with E-state index in [4.69, 9.17) is 4.74 Å². The molecule has 7 nitrogen and oxygen atoms in total. The fourth-order valence-electron chi connectivity index (χ4n) is 2.35. The fraction of sp³-hybridized carbons (Fsp3) is 0.429. The van der Waals surface area contributed by atoms with Crippen molar-refractivity contribution in [3.63, 3.8) is 0 Å². The average Bonchev–Trinajstić information content (AvgIpc) is 2.83. The Morgan fingerprint density at radius 2 is 2.09 bits per heavy atom. The summed E-state index contributed by atoms with van der Waals surface area (Å²) in [6.07, 6.45) is 0.418. The van der Waals surface area contributed by atoms with Crippen LogP contribution in [0.3, 0.4) is 0 Å². The van der Waals surface area contributed by atoms with Crippen LogP contribution >= 0.6 is 0 Å². The molecule has 23 heavy (non-hydrogen) atoms. The summed E-state index contributed by atoms with van der Waals surface area (Å²) in [4.78, 5) is 23.5. The minimum Gasteiger partial charge on any atom is -0.497 e. The lowest BCUT2D eigenvalue weighted by Crippen LogP contribution is -2.42. The SMILES string of the molecule is COc1ccc(C(=O)NNC(=O)C[C@H]2CCS(=O)(=O)C2)c(F)c1. The first-order chi connectivity index (χ1) is 10.8. The van der Waals surface area contributed by atoms with E-state index < -0.39 is 27.5 Å². The molecule has 1 heterocycles. The molecule has 1 aliphatic rings. The standard InChI is InChI=1S/C14H17FN2O5S/c1-22-10-2-3-11(12(15)7-10)14(19)17-16-13(18)6-9-4-5-23(20,21)8-9/h2-3,7,9H,4-6,8H2,1H3,(H,16,18)(H,17,19)/t9-/m1/s1. The monoisotopic (exact) mass is 344 g/mol. The number of methoxy groups -OCH3 is 1. The van der Waals surface area contributed by atoms with Gasteiger partial charge in [-0.1, -0.05) is 0 Å². The molecule has 1 fully saturated rings. The topological polar surface area (TPSA) is 102 Å². The van der Waals surface area contributed by atoms with Crippen LogP contribution in [0.1, 0.15) is 23.2 Å². The van der Waals surface area contributed by atoms with Gasteiger partial charge in [-0.05, 0) is 24.5 Å². The number of ether oxygens (including phenoxy) is 1. The Bertz CT molecular complexity index is 720. The molecule has 1 saturated heterocycles. The molecule has 2 rings (SSSR count). The van der Waals surface area contributed by atoms with Crippen molar-refractivity contribution in [3.05, 3.63) is 29.6 Å². The van der Waals surface area contributed by atoms with Crippen LogP contribution in [0.4, 0.5) is 4.39 Å². The molecule has 0 aromatic heterocycles. The summed E-state index contributed by atoms with van der Waals surface area (Å²) in [6.45, 7) is 0. The number of hydrogen-bond acceptors (Lipinski definition) is 5. The minimum absolute atomic E-state index is 0.00932. The molecule has 9 heteroatoms. The third kappa shape index (κ3) is 4.65. The Kier molecular flexibility index (Phi) is 5.19. The molecular formula is C14H17FN2O5S. The zero-order chi connectivity index (χ0) is 17.0. The molecule has 0 bridgehead atoms. The van der Waals surface area contributed by atoms with Crippen molar-refractivity contribution in [2.75, 3.05) is 18.6 Å². The van der Waals surface area contributed by atoms with Gasteiger partial charge in [-0.15, -0.1) is 0 Å². The number of benzene rings is 1. The van der Waals surface area contributed by atoms with Gasteiger partial charge in [0.1, 0.15) is 11.6 Å². The van der Waals surface area contributed by atoms with Gasteiger partial charge in [-0.2, -0.15) is 0 Å². The maximum atomic E-state index is 13.7. The number of sulfone groups is 1. The summed E-state index contributed by atoms with van der Waals surface area (Å²) in [5.41, 5.74) is 4.02. The largest absolute Gasteiger partial charge is 0.497 e. The third-order valence-electron chi connectivity index (χ3n) is 3.54. The molecule has 126 valence electrons. The summed E-state index contributed by atoms with van der Waals surface area (Å²) in [5, 5.41) is 0. The summed E-state index contributed by atoms with van der Waals surface area (Å²) >= 11 is 0. The number of amides is 2. The van der Waals surface area contributed by atoms with Crippen LogP contribution in [0.25, 0.3) is 0 Å². The average molecular weight is 344 g/mol. The number of hydrazine groups is 1. The van der Waals surface area contributed by atoms with E-state index in [2.05, 4.69) is 10.9 Å². The van der Waals surface area contributed by atoms with Gasteiger partial charge >= 0.3 is 0 Å². The van der Waals surface area contributed by atoms with E-state index in [0.29, 0.717) is 6.42 Å². The predicted molar refractivity (Wildman–Crippen MR) is 79.9 cm³/mol. The Balaban J connectivity index is 1.85. The number of nitrogens with one attached hydrogen (secondary N) is 2. The lowest BCUT2D eigenvalue weighted by atomic mass is 10.1. The number of hydrogen-bond donors (Lipinski definition) is 2. The van der Waals surface area contributed by atoms with Gasteiger partial charge in [-0.25, -0.2) is 12.8 Å². The van der Waals surface area contributed by atoms with Gasteiger partial charge in [0.15, 0.2) is 9.84 Å². The number of halogens is 1. The second-order valence-corrected chi connectivity index (χ2v) is 7.55. The fourth-order valence-corrected chi connectivity index (χ4v) is 4.21. The van der Waals surface area contributed by atoms with E-state index >= 15 is 0 Å². The molecule has 1 atom stereocenters. The van der Waals surface area contributed by atoms with Crippen molar-refractivity contribution < 1.29 is 27.1 Å². The molecule has 2 amide bonds. The third-order valence-corrected chi connectivity index (χ3v) is 5.37. The molecule has 0 saturated carbocycles. The molecule has 1 aromatic rings. The Morgan fingerprint density at radius 1 is 1.35 bits per heavy atom. The Hall–Kier alpha value is -2.16. The van der Waals surface area contributed by atoms with E-state index in [1.807, 2.05) is 0 Å². The van der Waals surface area contributed by atoms with Crippen molar-refractivity contribution in [1.82, 2.24) is 10.9 Å². The summed E-state index contributed by atoms with van der Waals surface area (Å²) in [5.74, 6) is -2.04. The van der Waals surface area contributed by atoms with Crippen LogP contribution in [0.5, 0.6) is 5.75 Å². The molecule has 0 spiro atoms. The van der Waals surface area contributed by atoms with Crippen LogP contribution in [0, 0.1) is 11.7 Å². The van der Waals surface area contributed by atoms with Crippen molar-refractivity contribution in [2.24, 2.45) is 5.92 Å². The highest BCUT2D eigenvalue weighted by Crippen LogP contribution is 2.21. The van der Waals surface area contributed by atoms with Gasteiger partial charge < -0.3 is 4.74 Å². The van der Waals surface area contributed by atoms with Crippen LogP contribution < -0.4 is 15.6 Å². The summed E-state index contributed by atoms with van der Waals surface area (Å²) in [7, 11) is -1.68. The normalized spacial score (nSPS) is 19.1. The molecule has 1 aromatic carbocycles. The smallest absolute Gasteiger partial charge is 0.272 e. The van der Waals surface area contributed by atoms with E-state index in [9.17, 15) is 22.4 Å². The molecule has 0 aliphatic carbocycles. The van der Waals surface area contributed by atoms with Gasteiger partial charge in [-0.3, -0.25) is 20.4 Å². The van der Waals surface area contributed by atoms with Gasteiger partial charge in [0.05, 0.1) is 24.2 Å². The lowest BCUT2D eigenvalue weighted by molar-refractivity contribution is -0.122. The van der Waals surface area contributed by atoms with Crippen molar-refractivity contribution >= 4 is 21.7 Å². The van der Waals surface area contributed by atoms with Gasteiger partial charge in [0.25, 0.3) is 5.91 Å². The second kappa shape index (κ2) is 6.95. The highest BCUT2D eigenvalue weighted by atomic mass is 32.2. The molecule has 0 unspecified atom stereocenters. The van der Waals surface area contributed by atoms with E-state index in [0.717, 1.165) is 6.07 Å². The maximum absolute atomic E-state index is 13.7. The van der Waals surface area contributed by atoms with E-state index in [1.165, 1.54) is 19.2 Å². The first-order valence-electron chi connectivity index (χ1n) is 6.94. The minimum atomic E-state index is -3.06. The Labute approximate surface area is 133 Å². The maximum Gasteiger partial charge on any atom is 0.272 e. The highest BCUT2D eigenvalue weighted by Gasteiger charge is 2.29. The number of carbonyl (C=O) groups excluding carboxylic acids is 2. The molecule has 2 N–H and O–H groups in total. The van der Waals surface area contributed by atoms with E-state index in [1.54, 1.807) is 0 Å². The number of carbonyl (C=O) groups is 2. The quantitative estimate of drug-likeness (QED) is 0.771. The highest BCUT2D eigenvalue weighted by molar-refractivity contribution is 7.91. The van der Waals surface area contributed by atoms with Crippen LogP contribution in [-0.4, -0.2) is 38.8 Å². The van der Waals surface area contributed by atoms with Crippen molar-refractivity contribution in [3.8, 4) is 5.75 Å². The zero-order valence-corrected chi connectivity index (χ0v) is 13.3. The first kappa shape index (κ1) is 17.2. The second-order valence-electron chi connectivity index (χ2n) is 5.32. The van der Waals surface area contributed by atoms with Crippen LogP contribution in [-0.2, 0) is 14.6 Å². The van der Waals surface area contributed by atoms with Gasteiger partial charge in [0, 0.05) is 12.5 Å². The summed E-state index contributed by atoms with van der Waals surface area (Å²) in [6, 6.07) is 3.71. The molecule has 1 aliphatic heterocycles. The number of rotatable bonds is 4. The molecule has 0 radical (unpaired) electrons. The summed E-state index contributed by atoms with van der Waals surface area (Å²) < 4.78 is 41.2. The van der Waals surface area contributed by atoms with Crippen molar-refractivity contribution in [1.29, 1.82) is 0 Å². The lowest BCUT2D eigenvalue weighted by Gasteiger charge is -2.10. The predicted octanol–water partition coefficient (Wildman–Crippen LogP) is 0.420. The van der Waals surface area contributed by atoms with E-state index in [-0.39, 0.29) is 35.2 Å². The van der Waals surface area contributed by atoms with Crippen LogP contribution in [0.2, 0.25) is 0 Å². The first-order valence-corrected chi connectivity index (χ1v) is 8.76. The molecular weight excluding hydrogens is 327 g/mol. The zero-order valence-electron chi connectivity index (χ0n) is 12.5. The van der Waals surface area contributed by atoms with Crippen LogP contribution in [0.15, 0.2) is 18.2 Å². The Morgan fingerprint density at radius 3 is 2.65 bits per heavy atom. The van der Waals surface area contributed by atoms with Crippen molar-refractivity contribution in [2.45, 2.75) is 12.8 Å². The van der Waals surface area contributed by atoms with Gasteiger partial charge in [0.2, 0.25) is 5.91 Å².